The van der Waals surface area contributed by atoms with E-state index < -0.39 is 0 Å². The third-order valence-corrected chi connectivity index (χ3v) is 4.69. The van der Waals surface area contributed by atoms with Gasteiger partial charge >= 0.3 is 0 Å². The fourth-order valence-corrected chi connectivity index (χ4v) is 3.22. The minimum atomic E-state index is -0.0118. The van der Waals surface area contributed by atoms with E-state index >= 15 is 0 Å². The molecular weight excluding hydrogens is 294 g/mol. The Morgan fingerprint density at radius 3 is 2.73 bits per heavy atom. The van der Waals surface area contributed by atoms with Crippen LogP contribution in [0.25, 0.3) is 0 Å². The number of hydrogen-bond acceptors (Lipinski definition) is 4. The van der Waals surface area contributed by atoms with Crippen LogP contribution in [-0.2, 0) is 12.8 Å². The van der Waals surface area contributed by atoms with Gasteiger partial charge in [0.15, 0.2) is 0 Å². The van der Waals surface area contributed by atoms with E-state index in [1.807, 2.05) is 35.5 Å². The second-order valence-corrected chi connectivity index (χ2v) is 6.28. The zero-order chi connectivity index (χ0) is 15.9. The monoisotopic (exact) mass is 317 g/mol. The Labute approximate surface area is 136 Å². The van der Waals surface area contributed by atoms with Crippen LogP contribution < -0.4 is 5.73 Å². The highest BCUT2D eigenvalue weighted by molar-refractivity contribution is 7.09. The lowest BCUT2D eigenvalue weighted by molar-refractivity contribution is 0.0722. The predicted molar refractivity (Wildman–Crippen MR) is 91.2 cm³/mol. The number of benzene rings is 1. The molecule has 0 aliphatic heterocycles. The maximum atomic E-state index is 12.6. The molecule has 1 heterocycles. The van der Waals surface area contributed by atoms with Crippen molar-refractivity contribution in [2.24, 2.45) is 5.73 Å². The Morgan fingerprint density at radius 1 is 1.36 bits per heavy atom. The van der Waals surface area contributed by atoms with Crippen molar-refractivity contribution in [3.05, 3.63) is 52.0 Å². The number of aromatic nitrogens is 1. The zero-order valence-corrected chi connectivity index (χ0v) is 14.0. The van der Waals surface area contributed by atoms with Crippen molar-refractivity contribution in [1.82, 2.24) is 9.88 Å². The molecule has 2 aromatic rings. The average Bonchev–Trinajstić information content (AvgIpc) is 3.01. The van der Waals surface area contributed by atoms with Crippen molar-refractivity contribution in [2.45, 2.75) is 32.2 Å². The van der Waals surface area contributed by atoms with Crippen LogP contribution in [0.3, 0.4) is 0 Å². The molecule has 1 atom stereocenters. The van der Waals surface area contributed by atoms with Crippen molar-refractivity contribution in [1.29, 1.82) is 0 Å². The maximum Gasteiger partial charge on any atom is 0.273 e. The number of carbonyl (C=O) groups is 1. The molecule has 0 aliphatic carbocycles. The fourth-order valence-electron chi connectivity index (χ4n) is 2.44. The smallest absolute Gasteiger partial charge is 0.273 e. The van der Waals surface area contributed by atoms with Crippen LogP contribution in [0.2, 0.25) is 0 Å². The van der Waals surface area contributed by atoms with Crippen molar-refractivity contribution < 1.29 is 4.79 Å². The van der Waals surface area contributed by atoms with E-state index in [-0.39, 0.29) is 11.9 Å². The van der Waals surface area contributed by atoms with Crippen LogP contribution in [0, 0.1) is 0 Å². The lowest BCUT2D eigenvalue weighted by atomic mass is 10.0. The highest BCUT2D eigenvalue weighted by Gasteiger charge is 2.22. The number of rotatable bonds is 7. The van der Waals surface area contributed by atoms with Crippen molar-refractivity contribution in [3.8, 4) is 0 Å². The standard InChI is InChI=1S/C17H23N3OS/c1-3-14(11-13-7-5-4-6-8-13)20(2)17(21)15-12-22-16(19-15)9-10-18/h4-8,12,14H,3,9-11,18H2,1-2H3. The molecule has 2 N–H and O–H groups in total. The first kappa shape index (κ1) is 16.6. The molecule has 0 aliphatic rings. The molecule has 2 rings (SSSR count). The molecule has 118 valence electrons. The summed E-state index contributed by atoms with van der Waals surface area (Å²) >= 11 is 1.50. The number of nitrogens with two attached hydrogens (primary N) is 1. The molecule has 1 unspecified atom stereocenters. The number of nitrogens with zero attached hydrogens (tertiary/aromatic N) is 2. The molecule has 1 amide bonds. The molecule has 0 bridgehead atoms. The van der Waals surface area contributed by atoms with Gasteiger partial charge in [0.25, 0.3) is 5.91 Å². The number of likely N-dealkylation sites (N-methyl/N-ethyl adjacent to an activating group) is 1. The van der Waals surface area contributed by atoms with E-state index in [1.54, 1.807) is 0 Å². The summed E-state index contributed by atoms with van der Waals surface area (Å²) in [6, 6.07) is 10.4. The van der Waals surface area contributed by atoms with E-state index in [0.29, 0.717) is 12.2 Å². The van der Waals surface area contributed by atoms with Gasteiger partial charge in [0, 0.05) is 24.9 Å². The van der Waals surface area contributed by atoms with Crippen LogP contribution in [0.15, 0.2) is 35.7 Å². The number of hydrogen-bond donors (Lipinski definition) is 1. The molecule has 5 heteroatoms. The van der Waals surface area contributed by atoms with Crippen molar-refractivity contribution >= 4 is 17.2 Å². The summed E-state index contributed by atoms with van der Waals surface area (Å²) in [5.41, 5.74) is 7.31. The highest BCUT2D eigenvalue weighted by atomic mass is 32.1. The Bertz CT molecular complexity index is 597. The predicted octanol–water partition coefficient (Wildman–Crippen LogP) is 2.74. The van der Waals surface area contributed by atoms with Gasteiger partial charge in [-0.05, 0) is 24.9 Å². The molecule has 1 aromatic carbocycles. The van der Waals surface area contributed by atoms with Crippen LogP contribution in [0.1, 0.15) is 34.4 Å². The summed E-state index contributed by atoms with van der Waals surface area (Å²) < 4.78 is 0. The Balaban J connectivity index is 2.06. The van der Waals surface area contributed by atoms with Crippen molar-refractivity contribution in [2.75, 3.05) is 13.6 Å². The van der Waals surface area contributed by atoms with E-state index in [2.05, 4.69) is 24.0 Å². The molecular formula is C17H23N3OS. The SMILES string of the molecule is CCC(Cc1ccccc1)N(C)C(=O)c1csc(CCN)n1. The van der Waals surface area contributed by atoms with Gasteiger partial charge in [-0.15, -0.1) is 11.3 Å². The largest absolute Gasteiger partial charge is 0.337 e. The van der Waals surface area contributed by atoms with E-state index in [4.69, 9.17) is 5.73 Å². The second-order valence-electron chi connectivity index (χ2n) is 5.33. The third-order valence-electron chi connectivity index (χ3n) is 3.78. The van der Waals surface area contributed by atoms with Gasteiger partial charge in [0.2, 0.25) is 0 Å². The van der Waals surface area contributed by atoms with Gasteiger partial charge in [0.05, 0.1) is 5.01 Å². The minimum absolute atomic E-state index is 0.0118. The van der Waals surface area contributed by atoms with Gasteiger partial charge in [-0.25, -0.2) is 4.98 Å². The lowest BCUT2D eigenvalue weighted by Crippen LogP contribution is -2.38. The summed E-state index contributed by atoms with van der Waals surface area (Å²) in [6.07, 6.45) is 2.50. The normalized spacial score (nSPS) is 12.1. The number of amides is 1. The molecule has 4 nitrogen and oxygen atoms in total. The third kappa shape index (κ3) is 4.15. The second kappa shape index (κ2) is 8.06. The Morgan fingerprint density at radius 2 is 2.09 bits per heavy atom. The summed E-state index contributed by atoms with van der Waals surface area (Å²) in [5, 5.41) is 2.76. The summed E-state index contributed by atoms with van der Waals surface area (Å²) in [5.74, 6) is -0.0118. The number of carbonyl (C=O) groups excluding carboxylic acids is 1. The van der Waals surface area contributed by atoms with Gasteiger partial charge in [-0.1, -0.05) is 37.3 Å². The van der Waals surface area contributed by atoms with E-state index in [9.17, 15) is 4.79 Å². The highest BCUT2D eigenvalue weighted by Crippen LogP contribution is 2.16. The molecule has 0 spiro atoms. The first-order chi connectivity index (χ1) is 10.7. The van der Waals surface area contributed by atoms with E-state index in [0.717, 1.165) is 24.3 Å². The molecule has 0 radical (unpaired) electrons. The number of thiazole rings is 1. The average molecular weight is 317 g/mol. The van der Waals surface area contributed by atoms with Crippen LogP contribution in [-0.4, -0.2) is 35.4 Å². The lowest BCUT2D eigenvalue weighted by Gasteiger charge is -2.27. The quantitative estimate of drug-likeness (QED) is 0.854. The van der Waals surface area contributed by atoms with Crippen LogP contribution >= 0.6 is 11.3 Å². The van der Waals surface area contributed by atoms with Gasteiger partial charge in [0.1, 0.15) is 5.69 Å². The molecule has 0 saturated heterocycles. The topological polar surface area (TPSA) is 59.2 Å². The first-order valence-corrected chi connectivity index (χ1v) is 8.49. The van der Waals surface area contributed by atoms with Gasteiger partial charge in [-0.2, -0.15) is 0 Å². The molecule has 1 aromatic heterocycles. The summed E-state index contributed by atoms with van der Waals surface area (Å²) in [7, 11) is 1.86. The zero-order valence-electron chi connectivity index (χ0n) is 13.2. The minimum Gasteiger partial charge on any atom is -0.337 e. The Hall–Kier alpha value is -1.72. The fraction of sp³-hybridized carbons (Fsp3) is 0.412. The van der Waals surface area contributed by atoms with Crippen LogP contribution in [0.5, 0.6) is 0 Å². The Kier molecular flexibility index (Phi) is 6.10. The summed E-state index contributed by atoms with van der Waals surface area (Å²) in [4.78, 5) is 18.8. The summed E-state index contributed by atoms with van der Waals surface area (Å²) in [6.45, 7) is 2.67. The van der Waals surface area contributed by atoms with Gasteiger partial charge < -0.3 is 10.6 Å². The maximum absolute atomic E-state index is 12.6. The first-order valence-electron chi connectivity index (χ1n) is 7.61. The molecule has 0 fully saturated rings. The molecule has 0 saturated carbocycles. The van der Waals surface area contributed by atoms with E-state index in [1.165, 1.54) is 16.9 Å². The van der Waals surface area contributed by atoms with Crippen molar-refractivity contribution in [3.63, 3.8) is 0 Å². The van der Waals surface area contributed by atoms with Crippen LogP contribution in [0.4, 0.5) is 0 Å². The molecule has 22 heavy (non-hydrogen) atoms. The van der Waals surface area contributed by atoms with Gasteiger partial charge in [-0.3, -0.25) is 4.79 Å².